The van der Waals surface area contributed by atoms with Gasteiger partial charge in [0.15, 0.2) is 0 Å². The molecule has 136 valence electrons. The maximum atomic E-state index is 2.36. The highest BCUT2D eigenvalue weighted by molar-refractivity contribution is 4.92. The van der Waals surface area contributed by atoms with E-state index >= 15 is 0 Å². The molecule has 0 spiro atoms. The van der Waals surface area contributed by atoms with Crippen LogP contribution < -0.4 is 4.57 Å². The highest BCUT2D eigenvalue weighted by Gasteiger charge is 1.99. The first-order valence-corrected chi connectivity index (χ1v) is 10.1. The summed E-state index contributed by atoms with van der Waals surface area (Å²) in [5.41, 5.74) is 0. The predicted molar refractivity (Wildman–Crippen MR) is 105 cm³/mol. The van der Waals surface area contributed by atoms with Crippen molar-refractivity contribution in [1.29, 1.82) is 0 Å². The van der Waals surface area contributed by atoms with Crippen LogP contribution in [0.2, 0.25) is 0 Å². The minimum absolute atomic E-state index is 1.11. The Morgan fingerprint density at radius 2 is 1.42 bits per heavy atom. The number of nitrogens with zero attached hydrogens (tertiary/aromatic N) is 2. The fourth-order valence-corrected chi connectivity index (χ4v) is 2.92. The maximum absolute atomic E-state index is 2.36. The summed E-state index contributed by atoms with van der Waals surface area (Å²) in [5.74, 6) is 0. The van der Waals surface area contributed by atoms with Crippen LogP contribution in [0.4, 0.5) is 0 Å². The molecule has 0 radical (unpaired) electrons. The molecule has 0 aromatic carbocycles. The van der Waals surface area contributed by atoms with Gasteiger partial charge >= 0.3 is 0 Å². The Labute approximate surface area is 150 Å². The molecule has 24 heavy (non-hydrogen) atoms. The average molecular weight is 332 g/mol. The number of imidazole rings is 1. The molecule has 0 aliphatic heterocycles. The molecule has 1 rings (SSSR count). The Hall–Kier alpha value is -1.31. The van der Waals surface area contributed by atoms with Crippen LogP contribution in [0.1, 0.15) is 84.0 Å². The van der Waals surface area contributed by atoms with Crippen LogP contribution in [0, 0.1) is 0 Å². The van der Waals surface area contributed by atoms with Crippen molar-refractivity contribution < 1.29 is 4.57 Å². The van der Waals surface area contributed by atoms with Crippen LogP contribution in [-0.4, -0.2) is 4.57 Å². The fourth-order valence-electron chi connectivity index (χ4n) is 2.92. The lowest BCUT2D eigenvalue weighted by molar-refractivity contribution is -0.671. The van der Waals surface area contributed by atoms with E-state index in [9.17, 15) is 0 Å². The third-order valence-electron chi connectivity index (χ3n) is 4.44. The second-order valence-electron chi connectivity index (χ2n) is 6.90. The second kappa shape index (κ2) is 15.2. The lowest BCUT2D eigenvalue weighted by atomic mass is 10.1. The quantitative estimate of drug-likeness (QED) is 0.208. The molecule has 0 unspecified atom stereocenters. The summed E-state index contributed by atoms with van der Waals surface area (Å²) in [5, 5.41) is 0. The summed E-state index contributed by atoms with van der Waals surface area (Å²) in [6.45, 7) is 3.42. The molecule has 0 aliphatic rings. The van der Waals surface area contributed by atoms with Gasteiger partial charge in [-0.25, -0.2) is 9.13 Å². The van der Waals surface area contributed by atoms with Gasteiger partial charge < -0.3 is 0 Å². The number of aromatic nitrogens is 2. The summed E-state index contributed by atoms with van der Waals surface area (Å²) < 4.78 is 4.39. The summed E-state index contributed by atoms with van der Waals surface area (Å²) in [7, 11) is 2.08. The summed E-state index contributed by atoms with van der Waals surface area (Å²) in [6, 6.07) is 0. The number of rotatable bonds is 15. The lowest BCUT2D eigenvalue weighted by Gasteiger charge is -2.00. The van der Waals surface area contributed by atoms with Gasteiger partial charge in [0, 0.05) is 0 Å². The molecule has 0 saturated heterocycles. The van der Waals surface area contributed by atoms with Gasteiger partial charge in [0.2, 0.25) is 6.33 Å². The third kappa shape index (κ3) is 12.2. The van der Waals surface area contributed by atoms with Crippen LogP contribution in [0.25, 0.3) is 0 Å². The number of unbranched alkanes of at least 4 members (excludes halogenated alkanes) is 9. The molecular formula is C22H39N2+. The summed E-state index contributed by atoms with van der Waals surface area (Å²) in [6.07, 6.45) is 31.6. The molecule has 2 heteroatoms. The van der Waals surface area contributed by atoms with Crippen LogP contribution in [0.5, 0.6) is 0 Å². The largest absolute Gasteiger partial charge is 0.243 e. The van der Waals surface area contributed by atoms with Gasteiger partial charge in [-0.1, -0.05) is 63.3 Å². The van der Waals surface area contributed by atoms with E-state index in [0.717, 1.165) is 13.0 Å². The van der Waals surface area contributed by atoms with Crippen LogP contribution >= 0.6 is 0 Å². The Morgan fingerprint density at radius 3 is 2.04 bits per heavy atom. The van der Waals surface area contributed by atoms with Crippen molar-refractivity contribution >= 4 is 0 Å². The van der Waals surface area contributed by atoms with E-state index in [-0.39, 0.29) is 0 Å². The van der Waals surface area contributed by atoms with Crippen LogP contribution in [-0.2, 0) is 13.6 Å². The normalized spacial score (nSPS) is 11.9. The predicted octanol–water partition coefficient (Wildman–Crippen LogP) is 6.13. The minimum atomic E-state index is 1.11. The topological polar surface area (TPSA) is 8.81 Å². The zero-order chi connectivity index (χ0) is 17.3. The molecular weight excluding hydrogens is 292 g/mol. The first-order valence-electron chi connectivity index (χ1n) is 10.1. The van der Waals surface area contributed by atoms with Crippen molar-refractivity contribution in [3.05, 3.63) is 43.0 Å². The molecule has 0 atom stereocenters. The Balaban J connectivity index is 1.80. The molecule has 0 saturated carbocycles. The van der Waals surface area contributed by atoms with E-state index in [1.54, 1.807) is 0 Å². The molecule has 1 aromatic heterocycles. The zero-order valence-electron chi connectivity index (χ0n) is 16.1. The van der Waals surface area contributed by atoms with E-state index in [2.05, 4.69) is 66.1 Å². The van der Waals surface area contributed by atoms with E-state index in [1.165, 1.54) is 70.6 Å². The van der Waals surface area contributed by atoms with Gasteiger partial charge in [-0.2, -0.15) is 0 Å². The van der Waals surface area contributed by atoms with Crippen molar-refractivity contribution in [1.82, 2.24) is 4.57 Å². The molecule has 0 aliphatic carbocycles. The highest BCUT2D eigenvalue weighted by atomic mass is 15.1. The molecule has 0 amide bonds. The second-order valence-corrected chi connectivity index (χ2v) is 6.90. The monoisotopic (exact) mass is 331 g/mol. The molecule has 1 heterocycles. The number of allylic oxidation sites excluding steroid dienone is 4. The lowest BCUT2D eigenvalue weighted by Crippen LogP contribution is -2.23. The van der Waals surface area contributed by atoms with Gasteiger partial charge in [0.25, 0.3) is 0 Å². The molecule has 2 nitrogen and oxygen atoms in total. The fraction of sp³-hybridized carbons (Fsp3) is 0.682. The number of hydrogen-bond donors (Lipinski definition) is 0. The van der Waals surface area contributed by atoms with Crippen LogP contribution in [0.3, 0.4) is 0 Å². The average Bonchev–Trinajstić information content (AvgIpc) is 3.00. The van der Waals surface area contributed by atoms with Gasteiger partial charge in [-0.15, -0.1) is 0 Å². The Kier molecular flexibility index (Phi) is 13.2. The van der Waals surface area contributed by atoms with Crippen molar-refractivity contribution in [3.63, 3.8) is 0 Å². The summed E-state index contributed by atoms with van der Waals surface area (Å²) >= 11 is 0. The van der Waals surface area contributed by atoms with Gasteiger partial charge in [0.1, 0.15) is 12.4 Å². The highest BCUT2D eigenvalue weighted by Crippen LogP contribution is 2.08. The van der Waals surface area contributed by atoms with E-state index < -0.39 is 0 Å². The Morgan fingerprint density at radius 1 is 0.792 bits per heavy atom. The molecule has 0 bridgehead atoms. The Bertz CT molecular complexity index is 443. The third-order valence-corrected chi connectivity index (χ3v) is 4.44. The standard InChI is InChI=1S/C22H39N2/c1-3-4-5-6-7-8-9-10-11-12-13-14-15-16-17-18-19-24-21-20-23(2)22-24/h7-8,10-11,20-22H,3-6,9,12-19H2,1-2H3/q+1/b8-7-,11-10-. The molecule has 1 aromatic rings. The number of hydrogen-bond acceptors (Lipinski definition) is 0. The van der Waals surface area contributed by atoms with Crippen molar-refractivity contribution in [2.24, 2.45) is 7.05 Å². The first-order chi connectivity index (χ1) is 11.8. The van der Waals surface area contributed by atoms with Crippen LogP contribution in [0.15, 0.2) is 43.0 Å². The number of aryl methyl sites for hydroxylation is 2. The van der Waals surface area contributed by atoms with Gasteiger partial charge in [0.05, 0.1) is 13.6 Å². The van der Waals surface area contributed by atoms with E-state index in [0.29, 0.717) is 0 Å². The molecule has 0 fully saturated rings. The van der Waals surface area contributed by atoms with Crippen molar-refractivity contribution in [2.75, 3.05) is 0 Å². The minimum Gasteiger partial charge on any atom is -0.240 e. The van der Waals surface area contributed by atoms with E-state index in [4.69, 9.17) is 0 Å². The molecule has 0 N–H and O–H groups in total. The summed E-state index contributed by atoms with van der Waals surface area (Å²) in [4.78, 5) is 0. The van der Waals surface area contributed by atoms with Gasteiger partial charge in [-0.05, 0) is 44.9 Å². The van der Waals surface area contributed by atoms with Crippen molar-refractivity contribution in [3.8, 4) is 0 Å². The zero-order valence-corrected chi connectivity index (χ0v) is 16.1. The van der Waals surface area contributed by atoms with E-state index in [1.807, 2.05) is 0 Å². The van der Waals surface area contributed by atoms with Gasteiger partial charge in [-0.3, -0.25) is 0 Å². The maximum Gasteiger partial charge on any atom is 0.243 e. The van der Waals surface area contributed by atoms with Crippen molar-refractivity contribution in [2.45, 2.75) is 90.5 Å². The SMILES string of the molecule is CCCCC/C=C\C/C=C\CCCCCCCCn1cc[n+](C)c1. The first kappa shape index (κ1) is 20.7. The smallest absolute Gasteiger partial charge is 0.240 e.